The molecule has 0 saturated carbocycles. The standard InChI is InChI=1S/C17H23N3O2S/c1-2-22-16-4-3-15(11-13(16)12-21)19-14-5-8-20(9-6-14)17-18-7-10-23-17/h3-4,7,10-11,14,19,21H,2,5-6,8-9,12H2,1H3. The Hall–Kier alpha value is -1.79. The van der Waals surface area contributed by atoms with Gasteiger partial charge in [-0.05, 0) is 38.0 Å². The second-order valence-corrected chi connectivity index (χ2v) is 6.51. The van der Waals surface area contributed by atoms with Gasteiger partial charge in [-0.15, -0.1) is 11.3 Å². The topological polar surface area (TPSA) is 57.6 Å². The van der Waals surface area contributed by atoms with Crippen LogP contribution in [0.2, 0.25) is 0 Å². The Morgan fingerprint density at radius 1 is 1.39 bits per heavy atom. The molecule has 0 aliphatic carbocycles. The van der Waals surface area contributed by atoms with Crippen LogP contribution in [0.1, 0.15) is 25.3 Å². The minimum Gasteiger partial charge on any atom is -0.494 e. The van der Waals surface area contributed by atoms with Gasteiger partial charge in [0.15, 0.2) is 5.13 Å². The van der Waals surface area contributed by atoms with Crippen molar-refractivity contribution in [3.8, 4) is 5.75 Å². The molecular formula is C17H23N3O2S. The fourth-order valence-corrected chi connectivity index (χ4v) is 3.61. The quantitative estimate of drug-likeness (QED) is 0.851. The molecule has 0 spiro atoms. The highest BCUT2D eigenvalue weighted by molar-refractivity contribution is 7.13. The number of thiazole rings is 1. The molecule has 0 amide bonds. The predicted molar refractivity (Wildman–Crippen MR) is 94.5 cm³/mol. The summed E-state index contributed by atoms with van der Waals surface area (Å²) in [5, 5.41) is 16.2. The van der Waals surface area contributed by atoms with E-state index >= 15 is 0 Å². The number of nitrogens with one attached hydrogen (secondary N) is 1. The molecule has 0 bridgehead atoms. The first kappa shape index (κ1) is 16.1. The Balaban J connectivity index is 1.58. The molecule has 0 unspecified atom stereocenters. The number of hydrogen-bond donors (Lipinski definition) is 2. The van der Waals surface area contributed by atoms with E-state index in [1.165, 1.54) is 0 Å². The summed E-state index contributed by atoms with van der Waals surface area (Å²) in [5.74, 6) is 0.763. The molecule has 1 fully saturated rings. The van der Waals surface area contributed by atoms with Crippen LogP contribution in [0.4, 0.5) is 10.8 Å². The molecule has 1 aromatic carbocycles. The average molecular weight is 333 g/mol. The molecule has 1 aromatic heterocycles. The Morgan fingerprint density at radius 2 is 2.22 bits per heavy atom. The minimum atomic E-state index is -0.00660. The number of piperidine rings is 1. The van der Waals surface area contributed by atoms with Gasteiger partial charge in [0.1, 0.15) is 5.75 Å². The van der Waals surface area contributed by atoms with E-state index in [9.17, 15) is 5.11 Å². The highest BCUT2D eigenvalue weighted by atomic mass is 32.1. The maximum Gasteiger partial charge on any atom is 0.185 e. The molecule has 0 radical (unpaired) electrons. The molecule has 5 nitrogen and oxygen atoms in total. The van der Waals surface area contributed by atoms with Gasteiger partial charge in [-0.25, -0.2) is 4.98 Å². The predicted octanol–water partition coefficient (Wildman–Crippen LogP) is 3.12. The van der Waals surface area contributed by atoms with Crippen LogP contribution < -0.4 is 15.0 Å². The van der Waals surface area contributed by atoms with E-state index in [4.69, 9.17) is 4.74 Å². The van der Waals surface area contributed by atoms with Crippen LogP contribution in [0.3, 0.4) is 0 Å². The number of aromatic nitrogens is 1. The van der Waals surface area contributed by atoms with Crippen molar-refractivity contribution in [3.05, 3.63) is 35.3 Å². The molecule has 1 saturated heterocycles. The zero-order valence-electron chi connectivity index (χ0n) is 13.4. The van der Waals surface area contributed by atoms with Crippen molar-refractivity contribution in [2.24, 2.45) is 0 Å². The Bertz CT molecular complexity index is 610. The zero-order chi connectivity index (χ0) is 16.1. The van der Waals surface area contributed by atoms with Crippen LogP contribution >= 0.6 is 11.3 Å². The summed E-state index contributed by atoms with van der Waals surface area (Å²) in [7, 11) is 0. The SMILES string of the molecule is CCOc1ccc(NC2CCN(c3nccs3)CC2)cc1CO. The summed E-state index contributed by atoms with van der Waals surface area (Å²) in [6.07, 6.45) is 4.03. The Labute approximate surface area is 140 Å². The normalized spacial score (nSPS) is 15.7. The van der Waals surface area contributed by atoms with Gasteiger partial charge in [0, 0.05) is 42.0 Å². The van der Waals surface area contributed by atoms with E-state index in [0.29, 0.717) is 12.6 Å². The number of rotatable bonds is 6. The lowest BCUT2D eigenvalue weighted by Gasteiger charge is -2.32. The van der Waals surface area contributed by atoms with Crippen LogP contribution in [0.25, 0.3) is 0 Å². The number of benzene rings is 1. The third-order valence-corrected chi connectivity index (χ3v) is 4.92. The highest BCUT2D eigenvalue weighted by Gasteiger charge is 2.20. The number of ether oxygens (including phenoxy) is 1. The van der Waals surface area contributed by atoms with Gasteiger partial charge < -0.3 is 20.1 Å². The van der Waals surface area contributed by atoms with Crippen molar-refractivity contribution in [1.29, 1.82) is 0 Å². The van der Waals surface area contributed by atoms with E-state index in [1.807, 2.05) is 36.7 Å². The molecule has 0 atom stereocenters. The van der Waals surface area contributed by atoms with Crippen LogP contribution in [0, 0.1) is 0 Å². The van der Waals surface area contributed by atoms with Crippen molar-refractivity contribution >= 4 is 22.2 Å². The fourth-order valence-electron chi connectivity index (χ4n) is 2.91. The number of aliphatic hydroxyl groups excluding tert-OH is 1. The smallest absolute Gasteiger partial charge is 0.185 e. The van der Waals surface area contributed by atoms with Gasteiger partial charge in [0.2, 0.25) is 0 Å². The molecular weight excluding hydrogens is 310 g/mol. The summed E-state index contributed by atoms with van der Waals surface area (Å²) in [4.78, 5) is 6.73. The van der Waals surface area contributed by atoms with Gasteiger partial charge in [-0.2, -0.15) is 0 Å². The average Bonchev–Trinajstić information content (AvgIpc) is 3.11. The Morgan fingerprint density at radius 3 is 2.87 bits per heavy atom. The first-order chi connectivity index (χ1) is 11.3. The maximum atomic E-state index is 9.50. The summed E-state index contributed by atoms with van der Waals surface area (Å²) >= 11 is 1.70. The van der Waals surface area contributed by atoms with Gasteiger partial charge >= 0.3 is 0 Å². The van der Waals surface area contributed by atoms with Crippen molar-refractivity contribution in [2.45, 2.75) is 32.4 Å². The number of anilines is 2. The molecule has 2 N–H and O–H groups in total. The zero-order valence-corrected chi connectivity index (χ0v) is 14.2. The molecule has 124 valence electrons. The third-order valence-electron chi connectivity index (χ3n) is 4.09. The van der Waals surface area contributed by atoms with Gasteiger partial charge in [0.05, 0.1) is 13.2 Å². The molecule has 6 heteroatoms. The lowest BCUT2D eigenvalue weighted by atomic mass is 10.0. The van der Waals surface area contributed by atoms with E-state index in [1.54, 1.807) is 11.3 Å². The summed E-state index contributed by atoms with van der Waals surface area (Å²) in [6.45, 7) is 4.59. The summed E-state index contributed by atoms with van der Waals surface area (Å²) in [6, 6.07) is 6.40. The van der Waals surface area contributed by atoms with Crippen molar-refractivity contribution in [2.75, 3.05) is 29.9 Å². The molecule has 2 aromatic rings. The lowest BCUT2D eigenvalue weighted by Crippen LogP contribution is -2.39. The van der Waals surface area contributed by atoms with Gasteiger partial charge in [-0.1, -0.05) is 0 Å². The van der Waals surface area contributed by atoms with Crippen molar-refractivity contribution < 1.29 is 9.84 Å². The largest absolute Gasteiger partial charge is 0.494 e. The van der Waals surface area contributed by atoms with E-state index < -0.39 is 0 Å². The van der Waals surface area contributed by atoms with Crippen LogP contribution in [0.15, 0.2) is 29.8 Å². The lowest BCUT2D eigenvalue weighted by molar-refractivity contribution is 0.267. The second kappa shape index (κ2) is 7.66. The highest BCUT2D eigenvalue weighted by Crippen LogP contribution is 2.26. The van der Waals surface area contributed by atoms with Gasteiger partial charge in [0.25, 0.3) is 0 Å². The molecule has 3 rings (SSSR count). The molecule has 1 aliphatic heterocycles. The number of nitrogens with zero attached hydrogens (tertiary/aromatic N) is 2. The van der Waals surface area contributed by atoms with Crippen molar-refractivity contribution in [1.82, 2.24) is 4.98 Å². The van der Waals surface area contributed by atoms with Crippen molar-refractivity contribution in [3.63, 3.8) is 0 Å². The minimum absolute atomic E-state index is 0.00660. The molecule has 1 aliphatic rings. The fraction of sp³-hybridized carbons (Fsp3) is 0.471. The first-order valence-corrected chi connectivity index (χ1v) is 8.95. The molecule has 23 heavy (non-hydrogen) atoms. The summed E-state index contributed by atoms with van der Waals surface area (Å²) < 4.78 is 5.53. The first-order valence-electron chi connectivity index (χ1n) is 8.07. The van der Waals surface area contributed by atoms with Gasteiger partial charge in [-0.3, -0.25) is 0 Å². The van der Waals surface area contributed by atoms with Crippen LogP contribution in [-0.2, 0) is 6.61 Å². The third kappa shape index (κ3) is 3.95. The van der Waals surface area contributed by atoms with E-state index in [2.05, 4.69) is 15.2 Å². The maximum absolute atomic E-state index is 9.50. The monoisotopic (exact) mass is 333 g/mol. The van der Waals surface area contributed by atoms with E-state index in [0.717, 1.165) is 48.1 Å². The Kier molecular flexibility index (Phi) is 5.35. The summed E-state index contributed by atoms with van der Waals surface area (Å²) in [5.41, 5.74) is 1.88. The number of hydrogen-bond acceptors (Lipinski definition) is 6. The number of aliphatic hydroxyl groups is 1. The van der Waals surface area contributed by atoms with Crippen LogP contribution in [0.5, 0.6) is 5.75 Å². The molecule has 2 heterocycles. The van der Waals surface area contributed by atoms with Crippen LogP contribution in [-0.4, -0.2) is 35.8 Å². The van der Waals surface area contributed by atoms with E-state index in [-0.39, 0.29) is 6.61 Å². The second-order valence-electron chi connectivity index (χ2n) is 5.63.